The van der Waals surface area contributed by atoms with E-state index < -0.39 is 0 Å². The molecule has 20 heavy (non-hydrogen) atoms. The summed E-state index contributed by atoms with van der Waals surface area (Å²) in [6.45, 7) is 9.94. The van der Waals surface area contributed by atoms with Crippen LogP contribution in [0.15, 0.2) is 12.1 Å². The summed E-state index contributed by atoms with van der Waals surface area (Å²) in [5, 5.41) is 3.03. The van der Waals surface area contributed by atoms with Gasteiger partial charge in [0, 0.05) is 11.4 Å². The molecule has 1 amide bonds. The predicted molar refractivity (Wildman–Crippen MR) is 81.6 cm³/mol. The Bertz CT molecular complexity index is 527. The monoisotopic (exact) mass is 276 g/mol. The molecule has 0 aliphatic carbocycles. The van der Waals surface area contributed by atoms with Gasteiger partial charge in [-0.2, -0.15) is 0 Å². The summed E-state index contributed by atoms with van der Waals surface area (Å²) in [5.74, 6) is 0.143. The van der Waals surface area contributed by atoms with Gasteiger partial charge in [0.05, 0.1) is 18.1 Å². The molecule has 0 radical (unpaired) electrons. The van der Waals surface area contributed by atoms with Gasteiger partial charge in [0.25, 0.3) is 0 Å². The molecule has 0 saturated carbocycles. The van der Waals surface area contributed by atoms with Crippen molar-refractivity contribution in [2.45, 2.75) is 46.8 Å². The zero-order valence-corrected chi connectivity index (χ0v) is 12.9. The first-order valence-electron chi connectivity index (χ1n) is 7.14. The third-order valence-corrected chi connectivity index (χ3v) is 4.42. The van der Waals surface area contributed by atoms with Crippen molar-refractivity contribution in [3.8, 4) is 0 Å². The summed E-state index contributed by atoms with van der Waals surface area (Å²) in [6.07, 6.45) is 0.0742. The Morgan fingerprint density at radius 1 is 1.15 bits per heavy atom. The number of carbonyl (C=O) groups excluding carboxylic acids is 1. The number of amides is 1. The highest BCUT2D eigenvalue weighted by atomic mass is 16.5. The number of nitrogen functional groups attached to an aromatic ring is 1. The summed E-state index contributed by atoms with van der Waals surface area (Å²) in [5.41, 5.74) is 9.41. The molecule has 0 bridgehead atoms. The van der Waals surface area contributed by atoms with Crippen LogP contribution >= 0.6 is 0 Å². The summed E-state index contributed by atoms with van der Waals surface area (Å²) in [4.78, 5) is 12.5. The summed E-state index contributed by atoms with van der Waals surface area (Å²) < 4.78 is 5.74. The molecule has 1 heterocycles. The minimum absolute atomic E-state index is 0.0293. The van der Waals surface area contributed by atoms with Crippen LogP contribution in [0.25, 0.3) is 0 Å². The molecule has 0 aromatic heterocycles. The van der Waals surface area contributed by atoms with Crippen molar-refractivity contribution >= 4 is 17.3 Å². The van der Waals surface area contributed by atoms with E-state index in [-0.39, 0.29) is 30.0 Å². The second-order valence-electron chi connectivity index (χ2n) is 5.94. The number of anilines is 2. The van der Waals surface area contributed by atoms with E-state index in [9.17, 15) is 4.79 Å². The molecule has 1 fully saturated rings. The van der Waals surface area contributed by atoms with E-state index in [2.05, 4.69) is 12.2 Å². The van der Waals surface area contributed by atoms with Crippen molar-refractivity contribution in [3.05, 3.63) is 23.3 Å². The van der Waals surface area contributed by atoms with Gasteiger partial charge in [-0.3, -0.25) is 4.79 Å². The van der Waals surface area contributed by atoms with Gasteiger partial charge in [-0.05, 0) is 56.9 Å². The fraction of sp³-hybridized carbons (Fsp3) is 0.562. The van der Waals surface area contributed by atoms with Gasteiger partial charge in [-0.25, -0.2) is 0 Å². The second-order valence-corrected chi connectivity index (χ2v) is 5.94. The first kappa shape index (κ1) is 14.9. The van der Waals surface area contributed by atoms with Crippen LogP contribution in [0.1, 0.15) is 31.9 Å². The Kier molecular flexibility index (Phi) is 4.04. The highest BCUT2D eigenvalue weighted by molar-refractivity contribution is 5.94. The largest absolute Gasteiger partial charge is 0.399 e. The van der Waals surface area contributed by atoms with Crippen molar-refractivity contribution in [2.75, 3.05) is 11.1 Å². The van der Waals surface area contributed by atoms with E-state index in [1.807, 2.05) is 39.8 Å². The smallest absolute Gasteiger partial charge is 0.230 e. The molecular weight excluding hydrogens is 252 g/mol. The Balaban J connectivity index is 2.18. The fourth-order valence-electron chi connectivity index (χ4n) is 2.91. The number of hydrogen-bond acceptors (Lipinski definition) is 3. The maximum atomic E-state index is 12.5. The third kappa shape index (κ3) is 2.66. The maximum Gasteiger partial charge on any atom is 0.230 e. The topological polar surface area (TPSA) is 64.3 Å². The predicted octanol–water partition coefficient (Wildman–Crippen LogP) is 2.88. The van der Waals surface area contributed by atoms with Gasteiger partial charge in [-0.15, -0.1) is 0 Å². The number of hydrogen-bond donors (Lipinski definition) is 2. The van der Waals surface area contributed by atoms with Gasteiger partial charge in [0.1, 0.15) is 0 Å². The maximum absolute atomic E-state index is 12.5. The number of aryl methyl sites for hydroxylation is 2. The van der Waals surface area contributed by atoms with Gasteiger partial charge < -0.3 is 15.8 Å². The van der Waals surface area contributed by atoms with E-state index in [4.69, 9.17) is 10.5 Å². The van der Waals surface area contributed by atoms with E-state index in [1.54, 1.807) is 0 Å². The zero-order valence-electron chi connectivity index (χ0n) is 12.9. The molecule has 4 heteroatoms. The summed E-state index contributed by atoms with van der Waals surface area (Å²) in [6, 6.07) is 3.82. The number of ether oxygens (including phenoxy) is 1. The molecule has 1 aliphatic rings. The minimum Gasteiger partial charge on any atom is -0.399 e. The molecular formula is C16H24N2O2. The molecule has 4 nitrogen and oxygen atoms in total. The molecule has 110 valence electrons. The Morgan fingerprint density at radius 2 is 1.80 bits per heavy atom. The first-order valence-corrected chi connectivity index (χ1v) is 7.14. The molecule has 3 N–H and O–H groups in total. The van der Waals surface area contributed by atoms with Crippen molar-refractivity contribution in [2.24, 2.45) is 11.8 Å². The summed E-state index contributed by atoms with van der Waals surface area (Å²) in [7, 11) is 0. The van der Waals surface area contributed by atoms with Crippen LogP contribution in [0.2, 0.25) is 0 Å². The van der Waals surface area contributed by atoms with Gasteiger partial charge in [0.2, 0.25) is 5.91 Å². The van der Waals surface area contributed by atoms with Gasteiger partial charge >= 0.3 is 0 Å². The van der Waals surface area contributed by atoms with E-state index in [0.29, 0.717) is 0 Å². The van der Waals surface area contributed by atoms with Crippen LogP contribution in [0.3, 0.4) is 0 Å². The van der Waals surface area contributed by atoms with Crippen LogP contribution < -0.4 is 11.1 Å². The van der Waals surface area contributed by atoms with Crippen molar-refractivity contribution < 1.29 is 9.53 Å². The van der Waals surface area contributed by atoms with Gasteiger partial charge in [-0.1, -0.05) is 6.92 Å². The second kappa shape index (κ2) is 5.44. The van der Waals surface area contributed by atoms with Crippen LogP contribution in [0.5, 0.6) is 0 Å². The lowest BCUT2D eigenvalue weighted by Gasteiger charge is -2.19. The molecule has 1 aromatic rings. The van der Waals surface area contributed by atoms with Crippen LogP contribution in [0.4, 0.5) is 11.4 Å². The quantitative estimate of drug-likeness (QED) is 0.816. The molecule has 4 unspecified atom stereocenters. The van der Waals surface area contributed by atoms with E-state index in [0.717, 1.165) is 22.5 Å². The van der Waals surface area contributed by atoms with Crippen molar-refractivity contribution in [1.29, 1.82) is 0 Å². The average Bonchev–Trinajstić information content (AvgIpc) is 2.60. The lowest BCUT2D eigenvalue weighted by Crippen LogP contribution is -2.32. The Labute approximate surface area is 120 Å². The van der Waals surface area contributed by atoms with Gasteiger partial charge in [0.15, 0.2) is 0 Å². The Hall–Kier alpha value is -1.55. The van der Waals surface area contributed by atoms with Crippen LogP contribution in [0, 0.1) is 25.7 Å². The molecule has 2 rings (SSSR count). The van der Waals surface area contributed by atoms with E-state index in [1.165, 1.54) is 0 Å². The third-order valence-electron chi connectivity index (χ3n) is 4.42. The lowest BCUT2D eigenvalue weighted by molar-refractivity contribution is -0.121. The average molecular weight is 276 g/mol. The first-order chi connectivity index (χ1) is 9.31. The number of nitrogens with two attached hydrogens (primary N) is 1. The number of rotatable bonds is 2. The number of carbonyl (C=O) groups is 1. The SMILES string of the molecule is Cc1cc(NC(=O)C2C(C)OC(C)C2C)c(C)cc1N. The number of nitrogens with one attached hydrogen (secondary N) is 1. The summed E-state index contributed by atoms with van der Waals surface area (Å²) >= 11 is 0. The standard InChI is InChI=1S/C16H24N2O2/c1-8-7-14(9(2)6-13(8)17)18-16(19)15-10(3)11(4)20-12(15)5/h6-7,10-12,15H,17H2,1-5H3,(H,18,19). The van der Waals surface area contributed by atoms with Crippen molar-refractivity contribution in [3.63, 3.8) is 0 Å². The lowest BCUT2D eigenvalue weighted by atomic mass is 9.88. The molecule has 1 aromatic carbocycles. The molecule has 4 atom stereocenters. The van der Waals surface area contributed by atoms with Crippen molar-refractivity contribution in [1.82, 2.24) is 0 Å². The molecule has 1 saturated heterocycles. The van der Waals surface area contributed by atoms with E-state index >= 15 is 0 Å². The van der Waals surface area contributed by atoms with Crippen LogP contribution in [-0.4, -0.2) is 18.1 Å². The zero-order chi connectivity index (χ0) is 15.0. The molecule has 1 aliphatic heterocycles. The fourth-order valence-corrected chi connectivity index (χ4v) is 2.91. The normalized spacial score (nSPS) is 29.4. The highest BCUT2D eigenvalue weighted by Gasteiger charge is 2.41. The minimum atomic E-state index is -0.109. The molecule has 0 spiro atoms. The Morgan fingerprint density at radius 3 is 2.35 bits per heavy atom. The number of benzene rings is 1. The highest BCUT2D eigenvalue weighted by Crippen LogP contribution is 2.33. The van der Waals surface area contributed by atoms with Crippen LogP contribution in [-0.2, 0) is 9.53 Å².